The van der Waals surface area contributed by atoms with Crippen LogP contribution in [0.3, 0.4) is 0 Å². The van der Waals surface area contributed by atoms with Gasteiger partial charge in [-0.2, -0.15) is 0 Å². The quantitative estimate of drug-likeness (QED) is 0.819. The average Bonchev–Trinajstić information content (AvgIpc) is 2.28. The monoisotopic (exact) mass is 211 g/mol. The maximum Gasteiger partial charge on any atom is 0.203 e. The Kier molecular flexibility index (Phi) is 3.80. The highest BCUT2D eigenvalue weighted by atomic mass is 16.5. The molecule has 0 aliphatic heterocycles. The first-order valence-corrected chi connectivity index (χ1v) is 4.68. The lowest BCUT2D eigenvalue weighted by atomic mass is 10.1. The molecule has 0 heterocycles. The highest BCUT2D eigenvalue weighted by Crippen LogP contribution is 2.41. The molecule has 0 amide bonds. The Bertz CT molecular complexity index is 350. The second kappa shape index (κ2) is 4.89. The Balaban J connectivity index is 3.43. The number of nitrogens with two attached hydrogens (primary N) is 1. The molecule has 0 aromatic heterocycles. The molecule has 1 aromatic rings. The Hall–Kier alpha value is -1.42. The lowest BCUT2D eigenvalue weighted by Gasteiger charge is -2.16. The molecule has 4 heteroatoms. The third kappa shape index (κ3) is 1.99. The van der Waals surface area contributed by atoms with Crippen LogP contribution in [-0.2, 0) is 6.54 Å². The summed E-state index contributed by atoms with van der Waals surface area (Å²) in [7, 11) is 4.78. The van der Waals surface area contributed by atoms with Crippen molar-refractivity contribution in [2.45, 2.75) is 13.5 Å². The summed E-state index contributed by atoms with van der Waals surface area (Å²) in [5.41, 5.74) is 7.61. The van der Waals surface area contributed by atoms with Crippen molar-refractivity contribution in [3.63, 3.8) is 0 Å². The van der Waals surface area contributed by atoms with Gasteiger partial charge in [-0.15, -0.1) is 0 Å². The second-order valence-electron chi connectivity index (χ2n) is 3.13. The molecule has 1 rings (SSSR count). The third-order valence-corrected chi connectivity index (χ3v) is 2.41. The summed E-state index contributed by atoms with van der Waals surface area (Å²) in [6.07, 6.45) is 0. The van der Waals surface area contributed by atoms with Gasteiger partial charge in [-0.25, -0.2) is 0 Å². The van der Waals surface area contributed by atoms with Crippen molar-refractivity contribution < 1.29 is 14.2 Å². The van der Waals surface area contributed by atoms with Crippen molar-refractivity contribution in [2.24, 2.45) is 5.73 Å². The summed E-state index contributed by atoms with van der Waals surface area (Å²) in [5.74, 6) is 1.92. The SMILES string of the molecule is COc1cc(CN)c(C)c(OC)c1OC. The van der Waals surface area contributed by atoms with Crippen LogP contribution in [0.5, 0.6) is 17.2 Å². The standard InChI is InChI=1S/C11H17NO3/c1-7-8(6-12)5-9(13-2)11(15-4)10(7)14-3/h5H,6,12H2,1-4H3. The van der Waals surface area contributed by atoms with E-state index in [-0.39, 0.29) is 0 Å². The zero-order chi connectivity index (χ0) is 11.4. The lowest BCUT2D eigenvalue weighted by molar-refractivity contribution is 0.322. The first-order chi connectivity index (χ1) is 7.19. The molecular weight excluding hydrogens is 194 g/mol. The summed E-state index contributed by atoms with van der Waals surface area (Å²) in [4.78, 5) is 0. The Morgan fingerprint density at radius 2 is 1.67 bits per heavy atom. The molecule has 0 aliphatic rings. The molecule has 0 unspecified atom stereocenters. The summed E-state index contributed by atoms with van der Waals surface area (Å²) in [6, 6.07) is 1.87. The van der Waals surface area contributed by atoms with Crippen molar-refractivity contribution in [1.82, 2.24) is 0 Å². The summed E-state index contributed by atoms with van der Waals surface area (Å²) in [6.45, 7) is 2.39. The van der Waals surface area contributed by atoms with E-state index in [1.165, 1.54) is 0 Å². The largest absolute Gasteiger partial charge is 0.493 e. The van der Waals surface area contributed by atoms with E-state index in [4.69, 9.17) is 19.9 Å². The predicted octanol–water partition coefficient (Wildman–Crippen LogP) is 1.48. The Morgan fingerprint density at radius 1 is 1.07 bits per heavy atom. The molecule has 84 valence electrons. The average molecular weight is 211 g/mol. The first kappa shape index (κ1) is 11.7. The molecule has 4 nitrogen and oxygen atoms in total. The van der Waals surface area contributed by atoms with Gasteiger partial charge in [-0.3, -0.25) is 0 Å². The van der Waals surface area contributed by atoms with Crippen LogP contribution in [0.15, 0.2) is 6.07 Å². The zero-order valence-corrected chi connectivity index (χ0v) is 9.59. The molecule has 0 bridgehead atoms. The van der Waals surface area contributed by atoms with Crippen molar-refractivity contribution in [3.05, 3.63) is 17.2 Å². The number of methoxy groups -OCH3 is 3. The number of rotatable bonds is 4. The maximum atomic E-state index is 5.64. The van der Waals surface area contributed by atoms with Crippen LogP contribution in [0.25, 0.3) is 0 Å². The number of hydrogen-bond acceptors (Lipinski definition) is 4. The molecule has 2 N–H and O–H groups in total. The van der Waals surface area contributed by atoms with E-state index in [2.05, 4.69) is 0 Å². The van der Waals surface area contributed by atoms with Crippen molar-refractivity contribution in [3.8, 4) is 17.2 Å². The van der Waals surface area contributed by atoms with Crippen molar-refractivity contribution in [2.75, 3.05) is 21.3 Å². The molecule has 0 spiro atoms. The zero-order valence-electron chi connectivity index (χ0n) is 9.59. The molecular formula is C11H17NO3. The molecule has 15 heavy (non-hydrogen) atoms. The molecule has 0 saturated carbocycles. The number of hydrogen-bond donors (Lipinski definition) is 1. The molecule has 0 saturated heterocycles. The van der Waals surface area contributed by atoms with Crippen LogP contribution in [-0.4, -0.2) is 21.3 Å². The van der Waals surface area contributed by atoms with Gasteiger partial charge in [0.15, 0.2) is 11.5 Å². The highest BCUT2D eigenvalue weighted by molar-refractivity contribution is 5.58. The number of benzene rings is 1. The van der Waals surface area contributed by atoms with Gasteiger partial charge in [0, 0.05) is 6.54 Å². The fourth-order valence-corrected chi connectivity index (χ4v) is 1.56. The van der Waals surface area contributed by atoms with E-state index in [9.17, 15) is 0 Å². The summed E-state index contributed by atoms with van der Waals surface area (Å²) in [5, 5.41) is 0. The van der Waals surface area contributed by atoms with Crippen LogP contribution in [0.4, 0.5) is 0 Å². The van der Waals surface area contributed by atoms with Gasteiger partial charge >= 0.3 is 0 Å². The normalized spacial score (nSPS) is 9.93. The minimum Gasteiger partial charge on any atom is -0.493 e. The summed E-state index contributed by atoms with van der Waals surface area (Å²) < 4.78 is 15.8. The van der Waals surface area contributed by atoms with Crippen LogP contribution in [0.1, 0.15) is 11.1 Å². The van der Waals surface area contributed by atoms with E-state index < -0.39 is 0 Å². The third-order valence-electron chi connectivity index (χ3n) is 2.41. The predicted molar refractivity (Wildman–Crippen MR) is 58.7 cm³/mol. The summed E-state index contributed by atoms with van der Waals surface area (Å²) >= 11 is 0. The van der Waals surface area contributed by atoms with Gasteiger partial charge in [-0.05, 0) is 24.1 Å². The molecule has 0 atom stereocenters. The Labute approximate surface area is 89.9 Å². The molecule has 1 aromatic carbocycles. The van der Waals surface area contributed by atoms with Crippen LogP contribution in [0, 0.1) is 6.92 Å². The van der Waals surface area contributed by atoms with Gasteiger partial charge in [0.2, 0.25) is 5.75 Å². The van der Waals surface area contributed by atoms with Gasteiger partial charge in [-0.1, -0.05) is 0 Å². The van der Waals surface area contributed by atoms with E-state index in [0.29, 0.717) is 23.8 Å². The minimum atomic E-state index is 0.447. The second-order valence-corrected chi connectivity index (χ2v) is 3.13. The van der Waals surface area contributed by atoms with Gasteiger partial charge in [0.25, 0.3) is 0 Å². The maximum absolute atomic E-state index is 5.64. The fraction of sp³-hybridized carbons (Fsp3) is 0.455. The smallest absolute Gasteiger partial charge is 0.203 e. The van der Waals surface area contributed by atoms with Gasteiger partial charge in [0.05, 0.1) is 21.3 Å². The van der Waals surface area contributed by atoms with Gasteiger partial charge < -0.3 is 19.9 Å². The molecule has 0 radical (unpaired) electrons. The minimum absolute atomic E-state index is 0.447. The molecule has 0 aliphatic carbocycles. The lowest BCUT2D eigenvalue weighted by Crippen LogP contribution is -2.04. The van der Waals surface area contributed by atoms with E-state index in [1.807, 2.05) is 13.0 Å². The Morgan fingerprint density at radius 3 is 2.07 bits per heavy atom. The molecule has 0 fully saturated rings. The van der Waals surface area contributed by atoms with Crippen LogP contribution in [0.2, 0.25) is 0 Å². The van der Waals surface area contributed by atoms with Crippen molar-refractivity contribution in [1.29, 1.82) is 0 Å². The highest BCUT2D eigenvalue weighted by Gasteiger charge is 2.16. The van der Waals surface area contributed by atoms with E-state index in [0.717, 1.165) is 11.1 Å². The number of ether oxygens (including phenoxy) is 3. The van der Waals surface area contributed by atoms with Crippen LogP contribution >= 0.6 is 0 Å². The topological polar surface area (TPSA) is 53.7 Å². The van der Waals surface area contributed by atoms with E-state index >= 15 is 0 Å². The fourth-order valence-electron chi connectivity index (χ4n) is 1.56. The first-order valence-electron chi connectivity index (χ1n) is 4.68. The van der Waals surface area contributed by atoms with Gasteiger partial charge in [0.1, 0.15) is 0 Å². The van der Waals surface area contributed by atoms with Crippen molar-refractivity contribution >= 4 is 0 Å². The van der Waals surface area contributed by atoms with E-state index in [1.54, 1.807) is 21.3 Å². The van der Waals surface area contributed by atoms with Crippen LogP contribution < -0.4 is 19.9 Å².